The Morgan fingerprint density at radius 1 is 0.842 bits per heavy atom. The van der Waals surface area contributed by atoms with Crippen LogP contribution in [0.25, 0.3) is 0 Å². The molecule has 0 spiro atoms. The Morgan fingerprint density at radius 2 is 1.34 bits per heavy atom. The van der Waals surface area contributed by atoms with Gasteiger partial charge in [0.25, 0.3) is 0 Å². The van der Waals surface area contributed by atoms with Gasteiger partial charge in [0.15, 0.2) is 5.78 Å². The summed E-state index contributed by atoms with van der Waals surface area (Å²) in [6, 6.07) is 28.5. The summed E-state index contributed by atoms with van der Waals surface area (Å²) in [7, 11) is -3.85. The van der Waals surface area contributed by atoms with Crippen molar-refractivity contribution in [2.24, 2.45) is 0 Å². The molecule has 10 heteroatoms. The average Bonchev–Trinajstić information content (AvgIpc) is 3.49. The molecule has 3 aromatic carbocycles. The maximum Gasteiger partial charge on any atom is 0.355 e. The zero-order chi connectivity index (χ0) is 26.6. The number of hydroxylamine groups is 2. The normalized spacial score (nSPS) is 12.2. The van der Waals surface area contributed by atoms with Crippen LogP contribution in [0.15, 0.2) is 103 Å². The molecule has 1 atom stereocenters. The zero-order valence-corrected chi connectivity index (χ0v) is 22.1. The van der Waals surface area contributed by atoms with Crippen LogP contribution in [0.5, 0.6) is 0 Å². The number of benzene rings is 3. The van der Waals surface area contributed by atoms with Crippen LogP contribution < -0.4 is 0 Å². The average molecular weight is 535 g/mol. The van der Waals surface area contributed by atoms with Gasteiger partial charge in [0.1, 0.15) is 6.61 Å². The van der Waals surface area contributed by atoms with Crippen LogP contribution in [0.2, 0.25) is 0 Å². The Labute approximate surface area is 222 Å². The van der Waals surface area contributed by atoms with E-state index in [-0.39, 0.29) is 38.7 Å². The number of aromatic nitrogens is 3. The summed E-state index contributed by atoms with van der Waals surface area (Å²) in [5.74, 6) is -1.12. The summed E-state index contributed by atoms with van der Waals surface area (Å²) in [6.07, 6.45) is 3.30. The molecule has 0 bridgehead atoms. The molecule has 198 valence electrons. The Hall–Kier alpha value is -3.62. The summed E-state index contributed by atoms with van der Waals surface area (Å²) >= 11 is 0. The van der Waals surface area contributed by atoms with Crippen LogP contribution in [0.3, 0.4) is 0 Å². The van der Waals surface area contributed by atoms with Gasteiger partial charge in [-0.15, -0.1) is 5.10 Å². The smallest absolute Gasteiger partial charge is 0.302 e. The van der Waals surface area contributed by atoms with Gasteiger partial charge in [-0.2, -0.15) is 0 Å². The van der Waals surface area contributed by atoms with Crippen molar-refractivity contribution in [1.29, 1.82) is 0 Å². The number of carbonyl (C=O) groups excluding carboxylic acids is 1. The van der Waals surface area contributed by atoms with Crippen molar-refractivity contribution in [1.82, 2.24) is 20.1 Å². The van der Waals surface area contributed by atoms with Gasteiger partial charge in [0.2, 0.25) is 5.91 Å². The highest BCUT2D eigenvalue weighted by Crippen LogP contribution is 2.61. The van der Waals surface area contributed by atoms with Crippen LogP contribution in [0.1, 0.15) is 35.8 Å². The van der Waals surface area contributed by atoms with Crippen LogP contribution in [-0.2, 0) is 43.1 Å². The van der Waals surface area contributed by atoms with Crippen molar-refractivity contribution < 1.29 is 23.2 Å². The summed E-state index contributed by atoms with van der Waals surface area (Å²) in [4.78, 5) is 18.2. The lowest BCUT2D eigenvalue weighted by Gasteiger charge is -2.29. The Morgan fingerprint density at radius 3 is 1.79 bits per heavy atom. The summed E-state index contributed by atoms with van der Waals surface area (Å²) in [6.45, 7) is 1.95. The maximum absolute atomic E-state index is 14.4. The van der Waals surface area contributed by atoms with Crippen LogP contribution in [0, 0.1) is 0 Å². The van der Waals surface area contributed by atoms with E-state index in [0.717, 1.165) is 16.7 Å². The van der Waals surface area contributed by atoms with E-state index in [2.05, 4.69) is 10.3 Å². The Kier molecular flexibility index (Phi) is 9.95. The van der Waals surface area contributed by atoms with E-state index >= 15 is 0 Å². The van der Waals surface area contributed by atoms with E-state index in [1.54, 1.807) is 6.20 Å². The number of nitrogens with zero attached hydrogens (tertiary/aromatic N) is 4. The first-order valence-corrected chi connectivity index (χ1v) is 13.9. The molecule has 9 nitrogen and oxygen atoms in total. The minimum Gasteiger partial charge on any atom is -0.302 e. The molecule has 0 saturated carbocycles. The molecule has 1 amide bonds. The predicted octanol–water partition coefficient (Wildman–Crippen LogP) is 5.77. The first-order chi connectivity index (χ1) is 18.5. The highest BCUT2D eigenvalue weighted by Gasteiger charge is 2.39. The van der Waals surface area contributed by atoms with Gasteiger partial charge in [-0.05, 0) is 16.7 Å². The molecule has 38 heavy (non-hydrogen) atoms. The van der Waals surface area contributed by atoms with Crippen molar-refractivity contribution in [3.8, 4) is 0 Å². The minimum absolute atomic E-state index is 0.0824. The number of hydrogen-bond donors (Lipinski definition) is 0. The second kappa shape index (κ2) is 13.8. The molecule has 4 aromatic rings. The Bertz CT molecular complexity index is 1240. The van der Waals surface area contributed by atoms with Crippen LogP contribution in [-0.4, -0.2) is 32.5 Å². The van der Waals surface area contributed by atoms with Gasteiger partial charge in [-0.3, -0.25) is 14.2 Å². The quantitative estimate of drug-likeness (QED) is 0.150. The van der Waals surface area contributed by atoms with Gasteiger partial charge in [0.05, 0.1) is 26.0 Å². The fraction of sp³-hybridized carbons (Fsp3) is 0.250. The van der Waals surface area contributed by atoms with Gasteiger partial charge in [-0.1, -0.05) is 96.2 Å². The number of hydrogen-bond acceptors (Lipinski definition) is 7. The maximum atomic E-state index is 14.4. The van der Waals surface area contributed by atoms with Crippen molar-refractivity contribution in [2.75, 3.05) is 6.54 Å². The molecule has 1 unspecified atom stereocenters. The van der Waals surface area contributed by atoms with E-state index < -0.39 is 13.4 Å². The Balaban J connectivity index is 1.54. The van der Waals surface area contributed by atoms with Crippen molar-refractivity contribution in [2.45, 2.75) is 38.9 Å². The number of carbonyl (C=O) groups is 1. The second-order valence-electron chi connectivity index (χ2n) is 8.59. The van der Waals surface area contributed by atoms with Gasteiger partial charge in [0, 0.05) is 19.5 Å². The molecular formula is C28H31N4O5P. The van der Waals surface area contributed by atoms with E-state index in [1.807, 2.05) is 91.0 Å². The fourth-order valence-electron chi connectivity index (χ4n) is 3.77. The van der Waals surface area contributed by atoms with Gasteiger partial charge < -0.3 is 9.05 Å². The lowest BCUT2D eigenvalue weighted by atomic mass is 10.2. The van der Waals surface area contributed by atoms with E-state index in [1.165, 1.54) is 22.9 Å². The molecule has 1 heterocycles. The van der Waals surface area contributed by atoms with E-state index in [0.29, 0.717) is 0 Å². The lowest BCUT2D eigenvalue weighted by Crippen LogP contribution is -2.31. The third-order valence-electron chi connectivity index (χ3n) is 5.79. The summed E-state index contributed by atoms with van der Waals surface area (Å²) in [5.41, 5.74) is 2.63. The molecule has 4 rings (SSSR count). The van der Waals surface area contributed by atoms with Crippen molar-refractivity contribution in [3.05, 3.63) is 120 Å². The van der Waals surface area contributed by atoms with E-state index in [9.17, 15) is 9.36 Å². The molecular weight excluding hydrogens is 503 g/mol. The summed E-state index contributed by atoms with van der Waals surface area (Å²) < 4.78 is 28.0. The van der Waals surface area contributed by atoms with Crippen LogP contribution in [0.4, 0.5) is 0 Å². The number of rotatable bonds is 14. The van der Waals surface area contributed by atoms with Crippen molar-refractivity contribution >= 4 is 13.5 Å². The molecule has 0 N–H and O–H groups in total. The molecule has 0 aliphatic heterocycles. The first kappa shape index (κ1) is 27.4. The molecule has 1 aromatic heterocycles. The first-order valence-electron chi connectivity index (χ1n) is 12.3. The third-order valence-corrected chi connectivity index (χ3v) is 7.99. The SMILES string of the molecule is CC(=O)N(CCC(n1ccnn1)P(=O)(OCc1ccccc1)OCc1ccccc1)OCc1ccccc1. The lowest BCUT2D eigenvalue weighted by molar-refractivity contribution is -0.189. The summed E-state index contributed by atoms with van der Waals surface area (Å²) in [5, 5.41) is 9.26. The van der Waals surface area contributed by atoms with Crippen LogP contribution >= 0.6 is 7.60 Å². The molecule has 0 radical (unpaired) electrons. The van der Waals surface area contributed by atoms with E-state index in [4.69, 9.17) is 13.9 Å². The monoisotopic (exact) mass is 534 g/mol. The highest BCUT2D eigenvalue weighted by atomic mass is 31.2. The molecule has 0 aliphatic carbocycles. The standard InChI is InChI=1S/C28H31N4O5P/c1-24(33)32(35-21-25-11-5-2-6-12-25)19-17-28(31-20-18-29-30-31)38(34,36-22-26-13-7-3-8-14-26)37-23-27-15-9-4-10-16-27/h2-16,18,20,28H,17,19,21-23H2,1H3. The van der Waals surface area contributed by atoms with Gasteiger partial charge in [-0.25, -0.2) is 9.75 Å². The molecule has 0 aliphatic rings. The topological polar surface area (TPSA) is 95.8 Å². The minimum atomic E-state index is -3.85. The molecule has 0 saturated heterocycles. The largest absolute Gasteiger partial charge is 0.355 e. The third kappa shape index (κ3) is 7.94. The highest BCUT2D eigenvalue weighted by molar-refractivity contribution is 7.53. The zero-order valence-electron chi connectivity index (χ0n) is 21.2. The predicted molar refractivity (Wildman–Crippen MR) is 142 cm³/mol. The fourth-order valence-corrected chi connectivity index (χ4v) is 5.69. The van der Waals surface area contributed by atoms with Crippen molar-refractivity contribution in [3.63, 3.8) is 0 Å². The second-order valence-corrected chi connectivity index (χ2v) is 10.8. The van der Waals surface area contributed by atoms with Gasteiger partial charge >= 0.3 is 7.60 Å². The molecule has 0 fully saturated rings. The number of amides is 1.